The lowest BCUT2D eigenvalue weighted by atomic mass is 9.77. The number of hydrogen-bond acceptors (Lipinski definition) is 5. The molecular weight excluding hydrogens is 669 g/mol. The van der Waals surface area contributed by atoms with Crippen LogP contribution in [-0.4, -0.2) is 11.6 Å². The van der Waals surface area contributed by atoms with Gasteiger partial charge in [0.2, 0.25) is 0 Å². The van der Waals surface area contributed by atoms with Gasteiger partial charge in [-0.2, -0.15) is 12.6 Å². The molecule has 0 radical (unpaired) electrons. The van der Waals surface area contributed by atoms with Crippen molar-refractivity contribution in [2.24, 2.45) is 5.92 Å². The fourth-order valence-corrected chi connectivity index (χ4v) is 10.0. The van der Waals surface area contributed by atoms with Gasteiger partial charge in [-0.25, -0.2) is 0 Å². The van der Waals surface area contributed by atoms with Crippen molar-refractivity contribution in [1.82, 2.24) is 0 Å². The first-order valence-corrected chi connectivity index (χ1v) is 20.3. The molecule has 1 saturated carbocycles. The molecule has 7 rings (SSSR count). The van der Waals surface area contributed by atoms with Crippen LogP contribution in [0.15, 0.2) is 129 Å². The molecule has 0 spiro atoms. The molecule has 5 heteroatoms. The minimum absolute atomic E-state index is 0.0939. The number of rotatable bonds is 11. The molecule has 2 nitrogen and oxygen atoms in total. The standard InChI is InChI=1S/C45H44O2S3/c1-3-7-29-13-15-30(16-14-29)31-17-19-32(20-18-31)33-21-25-35(26-22-33)49-40-11-5-9-37-42(40)44(46)38-10-6-12-41(43(38)45(37)47)50-36-27-23-34(24-28-36)39(48)8-4-2/h5-6,9-12,17-30,39,48H,3-4,7-8,13-16H2,1-2H3. The first-order chi connectivity index (χ1) is 24.4. The van der Waals surface area contributed by atoms with Crippen molar-refractivity contribution in [1.29, 1.82) is 0 Å². The number of carbonyl (C=O) groups is 2. The van der Waals surface area contributed by atoms with Gasteiger partial charge in [0.25, 0.3) is 0 Å². The predicted octanol–water partition coefficient (Wildman–Crippen LogP) is 13.3. The Hall–Kier alpha value is -3.51. The van der Waals surface area contributed by atoms with Crippen molar-refractivity contribution in [3.8, 4) is 11.1 Å². The molecule has 1 unspecified atom stereocenters. The summed E-state index contributed by atoms with van der Waals surface area (Å²) in [5, 5.41) is 0.214. The van der Waals surface area contributed by atoms with Crippen molar-refractivity contribution in [2.45, 2.75) is 96.0 Å². The van der Waals surface area contributed by atoms with Gasteiger partial charge in [0.15, 0.2) is 11.6 Å². The summed E-state index contributed by atoms with van der Waals surface area (Å²) in [6.07, 6.45) is 10.1. The Bertz CT molecular complexity index is 1970. The van der Waals surface area contributed by atoms with Crippen LogP contribution >= 0.6 is 36.2 Å². The fourth-order valence-electron chi connectivity index (χ4n) is 7.66. The van der Waals surface area contributed by atoms with Crippen molar-refractivity contribution < 1.29 is 9.59 Å². The van der Waals surface area contributed by atoms with Gasteiger partial charge >= 0.3 is 0 Å². The summed E-state index contributed by atoms with van der Waals surface area (Å²) in [4.78, 5) is 31.8. The lowest BCUT2D eigenvalue weighted by Crippen LogP contribution is -2.22. The highest BCUT2D eigenvalue weighted by atomic mass is 32.2. The first kappa shape index (κ1) is 34.9. The molecular formula is C45H44O2S3. The van der Waals surface area contributed by atoms with Gasteiger partial charge in [-0.05, 0) is 103 Å². The second-order valence-corrected chi connectivity index (χ2v) is 16.6. The molecule has 0 bridgehead atoms. The fraction of sp³-hybridized carbons (Fsp3) is 0.289. The van der Waals surface area contributed by atoms with E-state index in [0.29, 0.717) is 28.2 Å². The largest absolute Gasteiger partial charge is 0.289 e. The van der Waals surface area contributed by atoms with Crippen LogP contribution in [0.2, 0.25) is 0 Å². The highest BCUT2D eigenvalue weighted by Gasteiger charge is 2.34. The summed E-state index contributed by atoms with van der Waals surface area (Å²) in [7, 11) is 0. The van der Waals surface area contributed by atoms with E-state index in [-0.39, 0.29) is 16.8 Å². The number of benzene rings is 5. The zero-order chi connectivity index (χ0) is 34.6. The number of carbonyl (C=O) groups excluding carboxylic acids is 2. The first-order valence-electron chi connectivity index (χ1n) is 18.1. The van der Waals surface area contributed by atoms with Crippen LogP contribution in [0.4, 0.5) is 0 Å². The summed E-state index contributed by atoms with van der Waals surface area (Å²) >= 11 is 7.81. The SMILES string of the molecule is CCCC1CCC(c2ccc(-c3ccc(Sc4cccc5c4C(=O)c4cccc(Sc6ccc(C(S)CCC)cc6)c4C5=O)cc3)cc2)CC1. The third kappa shape index (κ3) is 7.42. The van der Waals surface area contributed by atoms with E-state index in [9.17, 15) is 9.59 Å². The van der Waals surface area contributed by atoms with Gasteiger partial charge in [-0.3, -0.25) is 9.59 Å². The molecule has 50 heavy (non-hydrogen) atoms. The van der Waals surface area contributed by atoms with Gasteiger partial charge in [0.05, 0.1) is 0 Å². The Morgan fingerprint density at radius 2 is 1.12 bits per heavy atom. The molecule has 1 fully saturated rings. The normalized spacial score (nSPS) is 17.7. The van der Waals surface area contributed by atoms with E-state index < -0.39 is 0 Å². The number of fused-ring (bicyclic) bond motifs is 2. The van der Waals surface area contributed by atoms with Gasteiger partial charge in [0.1, 0.15) is 0 Å². The van der Waals surface area contributed by atoms with E-state index in [2.05, 4.69) is 86.6 Å². The molecule has 2 aliphatic carbocycles. The quantitative estimate of drug-likeness (QED) is 0.136. The molecule has 2 aliphatic rings. The summed E-state index contributed by atoms with van der Waals surface area (Å²) < 4.78 is 0. The second-order valence-electron chi connectivity index (χ2n) is 13.7. The second kappa shape index (κ2) is 15.8. The summed E-state index contributed by atoms with van der Waals surface area (Å²) in [5.74, 6) is 1.42. The zero-order valence-corrected chi connectivity index (χ0v) is 31.4. The van der Waals surface area contributed by atoms with Crippen molar-refractivity contribution in [3.05, 3.63) is 143 Å². The highest BCUT2D eigenvalue weighted by molar-refractivity contribution is 7.99. The molecule has 5 aromatic carbocycles. The molecule has 0 heterocycles. The van der Waals surface area contributed by atoms with Crippen LogP contribution in [0.25, 0.3) is 11.1 Å². The van der Waals surface area contributed by atoms with E-state index >= 15 is 0 Å². The third-order valence-corrected chi connectivity index (χ3v) is 13.1. The van der Waals surface area contributed by atoms with Crippen molar-refractivity contribution in [3.63, 3.8) is 0 Å². The molecule has 0 aromatic heterocycles. The molecule has 0 N–H and O–H groups in total. The molecule has 0 amide bonds. The molecule has 0 saturated heterocycles. The Labute approximate surface area is 311 Å². The monoisotopic (exact) mass is 712 g/mol. The predicted molar refractivity (Wildman–Crippen MR) is 213 cm³/mol. The van der Waals surface area contributed by atoms with Crippen LogP contribution in [0.3, 0.4) is 0 Å². The van der Waals surface area contributed by atoms with Gasteiger partial charge in [-0.1, -0.05) is 129 Å². The lowest BCUT2D eigenvalue weighted by Gasteiger charge is -2.28. The van der Waals surface area contributed by atoms with Crippen molar-refractivity contribution in [2.75, 3.05) is 0 Å². The number of ketones is 2. The van der Waals surface area contributed by atoms with Gasteiger partial charge in [-0.15, -0.1) is 0 Å². The molecule has 1 atom stereocenters. The van der Waals surface area contributed by atoms with Crippen LogP contribution in [-0.2, 0) is 0 Å². The average molecular weight is 713 g/mol. The Morgan fingerprint density at radius 1 is 0.620 bits per heavy atom. The summed E-state index contributed by atoms with van der Waals surface area (Å²) in [6.45, 7) is 4.47. The van der Waals surface area contributed by atoms with E-state index in [1.807, 2.05) is 24.3 Å². The minimum atomic E-state index is -0.0945. The average Bonchev–Trinajstić information content (AvgIpc) is 3.15. The number of thiol groups is 1. The minimum Gasteiger partial charge on any atom is -0.289 e. The third-order valence-electron chi connectivity index (χ3n) is 10.4. The maximum Gasteiger partial charge on any atom is 0.195 e. The molecule has 5 aromatic rings. The maximum absolute atomic E-state index is 14.1. The lowest BCUT2D eigenvalue weighted by molar-refractivity contribution is 0.0974. The number of hydrogen-bond donors (Lipinski definition) is 1. The Kier molecular flexibility index (Phi) is 11.0. The van der Waals surface area contributed by atoms with E-state index in [0.717, 1.165) is 38.3 Å². The van der Waals surface area contributed by atoms with Crippen LogP contribution in [0.1, 0.15) is 119 Å². The maximum atomic E-state index is 14.1. The highest BCUT2D eigenvalue weighted by Crippen LogP contribution is 2.42. The Balaban J connectivity index is 1.06. The smallest absolute Gasteiger partial charge is 0.195 e. The molecule has 254 valence electrons. The summed E-state index contributed by atoms with van der Waals surface area (Å²) in [6, 6.07) is 37.3. The Morgan fingerprint density at radius 3 is 1.62 bits per heavy atom. The van der Waals surface area contributed by atoms with Crippen LogP contribution in [0, 0.1) is 5.92 Å². The van der Waals surface area contributed by atoms with E-state index in [1.54, 1.807) is 23.9 Å². The summed E-state index contributed by atoms with van der Waals surface area (Å²) in [5.41, 5.74) is 7.00. The van der Waals surface area contributed by atoms with E-state index in [1.165, 1.54) is 72.5 Å². The van der Waals surface area contributed by atoms with E-state index in [4.69, 9.17) is 12.6 Å². The van der Waals surface area contributed by atoms with Gasteiger partial charge < -0.3 is 0 Å². The van der Waals surface area contributed by atoms with Crippen LogP contribution in [0.5, 0.6) is 0 Å². The van der Waals surface area contributed by atoms with Gasteiger partial charge in [0, 0.05) is 47.1 Å². The van der Waals surface area contributed by atoms with Crippen molar-refractivity contribution >= 4 is 47.7 Å². The molecule has 0 aliphatic heterocycles. The van der Waals surface area contributed by atoms with Crippen LogP contribution < -0.4 is 0 Å². The zero-order valence-electron chi connectivity index (χ0n) is 28.9. The topological polar surface area (TPSA) is 34.1 Å².